The highest BCUT2D eigenvalue weighted by molar-refractivity contribution is 7.89. The van der Waals surface area contributed by atoms with Crippen LogP contribution in [-0.2, 0) is 14.8 Å². The molecule has 1 aliphatic heterocycles. The van der Waals surface area contributed by atoms with E-state index in [0.29, 0.717) is 30.8 Å². The topological polar surface area (TPSA) is 69.7 Å². The maximum Gasteiger partial charge on any atom is 0.243 e. The molecule has 0 unspecified atom stereocenters. The standard InChI is InChI=1S/C23H31N3O3S/c1-5-25(4)21-8-6-7-20(16-21)24-23(27)19-11-13-26(14-12-19)30(28,29)22-10-9-17(2)18(3)15-22/h6-10,15-16,19H,5,11-14H2,1-4H3,(H,24,27). The van der Waals surface area contributed by atoms with Crippen molar-refractivity contribution in [1.82, 2.24) is 4.31 Å². The van der Waals surface area contributed by atoms with E-state index in [1.165, 1.54) is 4.31 Å². The molecular weight excluding hydrogens is 398 g/mol. The van der Waals surface area contributed by atoms with Crippen LogP contribution in [0, 0.1) is 19.8 Å². The molecule has 1 heterocycles. The molecule has 1 amide bonds. The number of hydrogen-bond donors (Lipinski definition) is 1. The Morgan fingerprint density at radius 2 is 1.80 bits per heavy atom. The fraction of sp³-hybridized carbons (Fsp3) is 0.435. The van der Waals surface area contributed by atoms with Crippen LogP contribution in [0.5, 0.6) is 0 Å². The van der Waals surface area contributed by atoms with Gasteiger partial charge >= 0.3 is 0 Å². The van der Waals surface area contributed by atoms with Gasteiger partial charge in [-0.05, 0) is 75.1 Å². The fourth-order valence-corrected chi connectivity index (χ4v) is 5.19. The summed E-state index contributed by atoms with van der Waals surface area (Å²) in [6.07, 6.45) is 1.04. The summed E-state index contributed by atoms with van der Waals surface area (Å²) in [7, 11) is -1.52. The van der Waals surface area contributed by atoms with E-state index in [-0.39, 0.29) is 11.8 Å². The molecule has 1 aliphatic rings. The molecule has 6 nitrogen and oxygen atoms in total. The summed E-state index contributed by atoms with van der Waals surface area (Å²) in [5.74, 6) is -0.238. The van der Waals surface area contributed by atoms with E-state index in [4.69, 9.17) is 0 Å². The van der Waals surface area contributed by atoms with E-state index < -0.39 is 10.0 Å². The van der Waals surface area contributed by atoms with Crippen LogP contribution in [0.1, 0.15) is 30.9 Å². The number of sulfonamides is 1. The van der Waals surface area contributed by atoms with E-state index in [2.05, 4.69) is 17.1 Å². The van der Waals surface area contributed by atoms with Gasteiger partial charge in [0.15, 0.2) is 0 Å². The predicted molar refractivity (Wildman–Crippen MR) is 121 cm³/mol. The van der Waals surface area contributed by atoms with Crippen molar-refractivity contribution < 1.29 is 13.2 Å². The van der Waals surface area contributed by atoms with Crippen molar-refractivity contribution >= 4 is 27.3 Å². The van der Waals surface area contributed by atoms with Gasteiger partial charge in [-0.1, -0.05) is 12.1 Å². The van der Waals surface area contributed by atoms with Gasteiger partial charge in [0.1, 0.15) is 0 Å². The molecule has 7 heteroatoms. The Morgan fingerprint density at radius 3 is 2.43 bits per heavy atom. The van der Waals surface area contributed by atoms with Crippen molar-refractivity contribution in [2.75, 3.05) is 36.9 Å². The largest absolute Gasteiger partial charge is 0.375 e. The molecule has 3 rings (SSSR count). The van der Waals surface area contributed by atoms with Gasteiger partial charge in [-0.3, -0.25) is 4.79 Å². The van der Waals surface area contributed by atoms with E-state index in [9.17, 15) is 13.2 Å². The molecule has 0 aromatic heterocycles. The van der Waals surface area contributed by atoms with Gasteiger partial charge in [0, 0.05) is 44.0 Å². The first kappa shape index (κ1) is 22.3. The Morgan fingerprint density at radius 1 is 1.10 bits per heavy atom. The second kappa shape index (κ2) is 9.18. The van der Waals surface area contributed by atoms with Crippen LogP contribution < -0.4 is 10.2 Å². The highest BCUT2D eigenvalue weighted by atomic mass is 32.2. The van der Waals surface area contributed by atoms with Crippen molar-refractivity contribution in [3.8, 4) is 0 Å². The lowest BCUT2D eigenvalue weighted by Gasteiger charge is -2.30. The second-order valence-electron chi connectivity index (χ2n) is 7.98. The van der Waals surface area contributed by atoms with Crippen LogP contribution in [0.15, 0.2) is 47.4 Å². The molecule has 162 valence electrons. The summed E-state index contributed by atoms with van der Waals surface area (Å²) in [6.45, 7) is 7.54. The lowest BCUT2D eigenvalue weighted by atomic mass is 9.97. The third-order valence-corrected chi connectivity index (χ3v) is 7.86. The van der Waals surface area contributed by atoms with Crippen LogP contribution in [0.4, 0.5) is 11.4 Å². The van der Waals surface area contributed by atoms with Gasteiger partial charge in [0.05, 0.1) is 4.90 Å². The van der Waals surface area contributed by atoms with Crippen molar-refractivity contribution in [3.05, 3.63) is 53.6 Å². The third kappa shape index (κ3) is 4.84. The number of carbonyl (C=O) groups is 1. The monoisotopic (exact) mass is 429 g/mol. The van der Waals surface area contributed by atoms with E-state index in [1.807, 2.05) is 51.2 Å². The summed E-state index contributed by atoms with van der Waals surface area (Å²) in [6, 6.07) is 13.0. The number of nitrogens with one attached hydrogen (secondary N) is 1. The van der Waals surface area contributed by atoms with Crippen molar-refractivity contribution in [3.63, 3.8) is 0 Å². The number of aryl methyl sites for hydroxylation is 2. The molecule has 1 saturated heterocycles. The molecule has 0 aliphatic carbocycles. The number of piperidine rings is 1. The van der Waals surface area contributed by atoms with Crippen LogP contribution >= 0.6 is 0 Å². The summed E-state index contributed by atoms with van der Waals surface area (Å²) >= 11 is 0. The number of benzene rings is 2. The smallest absolute Gasteiger partial charge is 0.243 e. The van der Waals surface area contributed by atoms with E-state index >= 15 is 0 Å². The SMILES string of the molecule is CCN(C)c1cccc(NC(=O)C2CCN(S(=O)(=O)c3ccc(C)c(C)c3)CC2)c1. The molecule has 0 atom stereocenters. The third-order valence-electron chi connectivity index (χ3n) is 5.97. The quantitative estimate of drug-likeness (QED) is 0.758. The number of anilines is 2. The molecule has 30 heavy (non-hydrogen) atoms. The Hall–Kier alpha value is -2.38. The zero-order valence-electron chi connectivity index (χ0n) is 18.2. The van der Waals surface area contributed by atoms with Crippen LogP contribution in [0.25, 0.3) is 0 Å². The Labute approximate surface area is 179 Å². The maximum absolute atomic E-state index is 13.0. The average Bonchev–Trinajstić information content (AvgIpc) is 2.75. The number of carbonyl (C=O) groups excluding carboxylic acids is 1. The summed E-state index contributed by atoms with van der Waals surface area (Å²) in [4.78, 5) is 15.2. The lowest BCUT2D eigenvalue weighted by molar-refractivity contribution is -0.120. The first-order valence-corrected chi connectivity index (χ1v) is 11.9. The zero-order valence-corrected chi connectivity index (χ0v) is 19.0. The molecular formula is C23H31N3O3S. The Kier molecular flexibility index (Phi) is 6.83. The van der Waals surface area contributed by atoms with Crippen LogP contribution in [0.2, 0.25) is 0 Å². The molecule has 0 radical (unpaired) electrons. The minimum absolute atomic E-state index is 0.0467. The van der Waals surface area contributed by atoms with Crippen LogP contribution in [-0.4, -0.2) is 45.3 Å². The first-order valence-electron chi connectivity index (χ1n) is 10.4. The minimum Gasteiger partial charge on any atom is -0.375 e. The second-order valence-corrected chi connectivity index (χ2v) is 9.92. The summed E-state index contributed by atoms with van der Waals surface area (Å²) < 4.78 is 27.4. The molecule has 0 spiro atoms. The molecule has 0 saturated carbocycles. The van der Waals surface area contributed by atoms with Gasteiger partial charge in [-0.15, -0.1) is 0 Å². The molecule has 2 aromatic carbocycles. The van der Waals surface area contributed by atoms with Crippen molar-refractivity contribution in [2.24, 2.45) is 5.92 Å². The molecule has 0 bridgehead atoms. The number of hydrogen-bond acceptors (Lipinski definition) is 4. The Balaban J connectivity index is 1.62. The summed E-state index contributed by atoms with van der Waals surface area (Å²) in [5, 5.41) is 3.00. The zero-order chi connectivity index (χ0) is 21.9. The van der Waals surface area contributed by atoms with Gasteiger partial charge in [-0.2, -0.15) is 4.31 Å². The highest BCUT2D eigenvalue weighted by Crippen LogP contribution is 2.26. The predicted octanol–water partition coefficient (Wildman–Crippen LogP) is 3.80. The van der Waals surface area contributed by atoms with Gasteiger partial charge in [0.25, 0.3) is 0 Å². The summed E-state index contributed by atoms with van der Waals surface area (Å²) in [5.41, 5.74) is 3.84. The first-order chi connectivity index (χ1) is 14.2. The number of nitrogens with zero attached hydrogens (tertiary/aromatic N) is 2. The number of rotatable bonds is 6. The fourth-order valence-electron chi connectivity index (χ4n) is 3.63. The van der Waals surface area contributed by atoms with Gasteiger partial charge < -0.3 is 10.2 Å². The number of amides is 1. The Bertz CT molecular complexity index is 1010. The van der Waals surface area contributed by atoms with Crippen LogP contribution in [0.3, 0.4) is 0 Å². The molecule has 1 N–H and O–H groups in total. The lowest BCUT2D eigenvalue weighted by Crippen LogP contribution is -2.41. The molecule has 1 fully saturated rings. The van der Waals surface area contributed by atoms with Crippen molar-refractivity contribution in [1.29, 1.82) is 0 Å². The van der Waals surface area contributed by atoms with Gasteiger partial charge in [-0.25, -0.2) is 8.42 Å². The minimum atomic E-state index is -3.53. The highest BCUT2D eigenvalue weighted by Gasteiger charge is 2.32. The normalized spacial score (nSPS) is 15.7. The maximum atomic E-state index is 13.0. The average molecular weight is 430 g/mol. The van der Waals surface area contributed by atoms with E-state index in [0.717, 1.165) is 29.0 Å². The van der Waals surface area contributed by atoms with E-state index in [1.54, 1.807) is 12.1 Å². The van der Waals surface area contributed by atoms with Crippen molar-refractivity contribution in [2.45, 2.75) is 38.5 Å². The van der Waals surface area contributed by atoms with Gasteiger partial charge in [0.2, 0.25) is 15.9 Å². The molecule has 2 aromatic rings.